The number of amides is 1. The van der Waals surface area contributed by atoms with Crippen LogP contribution in [0.15, 0.2) is 36.5 Å². The molecule has 2 N–H and O–H groups in total. The molecule has 98 valence electrons. The van der Waals surface area contributed by atoms with Crippen molar-refractivity contribution in [3.05, 3.63) is 51.5 Å². The Morgan fingerprint density at radius 1 is 1.37 bits per heavy atom. The molecule has 0 aliphatic heterocycles. The van der Waals surface area contributed by atoms with Crippen LogP contribution < -0.4 is 10.6 Å². The number of nitrogens with one attached hydrogen (secondary N) is 2. The van der Waals surface area contributed by atoms with Crippen molar-refractivity contribution >= 4 is 40.0 Å². The van der Waals surface area contributed by atoms with Crippen LogP contribution in [0.4, 0.5) is 15.9 Å². The number of aromatic nitrogens is 1. The zero-order valence-electron chi connectivity index (χ0n) is 10.1. The van der Waals surface area contributed by atoms with E-state index in [2.05, 4.69) is 38.2 Å². The second kappa shape index (κ2) is 5.96. The van der Waals surface area contributed by atoms with Gasteiger partial charge in [0.1, 0.15) is 11.6 Å². The number of nitrogens with zero attached hydrogens (tertiary/aromatic N) is 1. The van der Waals surface area contributed by atoms with Crippen LogP contribution in [0.25, 0.3) is 0 Å². The van der Waals surface area contributed by atoms with Crippen LogP contribution in [0.1, 0.15) is 10.4 Å². The number of hydrogen-bond acceptors (Lipinski definition) is 3. The highest BCUT2D eigenvalue weighted by atomic mass is 127. The predicted molar refractivity (Wildman–Crippen MR) is 80.9 cm³/mol. The first-order valence-electron chi connectivity index (χ1n) is 5.50. The SMILES string of the molecule is CNc1ncc(F)cc1C(=O)Nc1cccc(I)c1. The number of carbonyl (C=O) groups is 1. The average Bonchev–Trinajstić information content (AvgIpc) is 2.38. The normalized spacial score (nSPS) is 10.1. The zero-order valence-corrected chi connectivity index (χ0v) is 12.2. The van der Waals surface area contributed by atoms with Crippen molar-refractivity contribution in [2.75, 3.05) is 17.7 Å². The van der Waals surface area contributed by atoms with E-state index in [9.17, 15) is 9.18 Å². The summed E-state index contributed by atoms with van der Waals surface area (Å²) in [6.07, 6.45) is 1.06. The first kappa shape index (κ1) is 13.7. The Bertz CT molecular complexity index is 619. The molecule has 0 aliphatic rings. The van der Waals surface area contributed by atoms with E-state index >= 15 is 0 Å². The van der Waals surface area contributed by atoms with Gasteiger partial charge in [0, 0.05) is 16.3 Å². The van der Waals surface area contributed by atoms with E-state index in [-0.39, 0.29) is 5.56 Å². The number of hydrogen-bond donors (Lipinski definition) is 2. The molecule has 1 aromatic carbocycles. The standard InChI is InChI=1S/C13H11FIN3O/c1-16-12-11(5-8(14)7-17-12)13(19)18-10-4-2-3-9(15)6-10/h2-7H,1H3,(H,16,17)(H,18,19). The van der Waals surface area contributed by atoms with Gasteiger partial charge in [0.25, 0.3) is 5.91 Å². The summed E-state index contributed by atoms with van der Waals surface area (Å²) in [7, 11) is 1.63. The Balaban J connectivity index is 2.27. The minimum absolute atomic E-state index is 0.168. The molecule has 0 spiro atoms. The van der Waals surface area contributed by atoms with Crippen LogP contribution in [0, 0.1) is 9.39 Å². The van der Waals surface area contributed by atoms with Gasteiger partial charge in [0.05, 0.1) is 11.8 Å². The Hall–Kier alpha value is -1.70. The van der Waals surface area contributed by atoms with E-state index in [0.29, 0.717) is 11.5 Å². The fourth-order valence-corrected chi connectivity index (χ4v) is 2.12. The molecule has 2 rings (SSSR count). The lowest BCUT2D eigenvalue weighted by molar-refractivity contribution is 0.102. The highest BCUT2D eigenvalue weighted by molar-refractivity contribution is 14.1. The van der Waals surface area contributed by atoms with Crippen molar-refractivity contribution in [1.82, 2.24) is 4.98 Å². The zero-order chi connectivity index (χ0) is 13.8. The van der Waals surface area contributed by atoms with Gasteiger partial charge in [-0.25, -0.2) is 9.37 Å². The molecular weight excluding hydrogens is 360 g/mol. The summed E-state index contributed by atoms with van der Waals surface area (Å²) in [4.78, 5) is 15.9. The van der Waals surface area contributed by atoms with Crippen molar-refractivity contribution in [1.29, 1.82) is 0 Å². The van der Waals surface area contributed by atoms with Gasteiger partial charge in [-0.2, -0.15) is 0 Å². The molecule has 0 atom stereocenters. The van der Waals surface area contributed by atoms with Gasteiger partial charge in [0.2, 0.25) is 0 Å². The topological polar surface area (TPSA) is 54.0 Å². The van der Waals surface area contributed by atoms with Crippen molar-refractivity contribution in [2.24, 2.45) is 0 Å². The average molecular weight is 371 g/mol. The molecule has 4 nitrogen and oxygen atoms in total. The molecule has 0 fully saturated rings. The quantitative estimate of drug-likeness (QED) is 0.816. The minimum Gasteiger partial charge on any atom is -0.372 e. The highest BCUT2D eigenvalue weighted by Gasteiger charge is 2.13. The number of benzene rings is 1. The largest absolute Gasteiger partial charge is 0.372 e. The maximum atomic E-state index is 13.2. The van der Waals surface area contributed by atoms with E-state index in [4.69, 9.17) is 0 Å². The van der Waals surface area contributed by atoms with Gasteiger partial charge in [0.15, 0.2) is 0 Å². The maximum absolute atomic E-state index is 13.2. The van der Waals surface area contributed by atoms with Gasteiger partial charge >= 0.3 is 0 Å². The van der Waals surface area contributed by atoms with Gasteiger partial charge < -0.3 is 10.6 Å². The molecule has 0 bridgehead atoms. The second-order valence-corrected chi connectivity index (χ2v) is 5.01. The van der Waals surface area contributed by atoms with Crippen molar-refractivity contribution in [3.63, 3.8) is 0 Å². The second-order valence-electron chi connectivity index (χ2n) is 3.76. The third-order valence-corrected chi connectivity index (χ3v) is 3.09. The molecule has 0 aliphatic carbocycles. The van der Waals surface area contributed by atoms with Crippen LogP contribution in [0.3, 0.4) is 0 Å². The third kappa shape index (κ3) is 3.40. The lowest BCUT2D eigenvalue weighted by Crippen LogP contribution is -2.15. The van der Waals surface area contributed by atoms with Gasteiger partial charge in [-0.15, -0.1) is 0 Å². The number of halogens is 2. The Morgan fingerprint density at radius 3 is 2.84 bits per heavy atom. The van der Waals surface area contributed by atoms with E-state index < -0.39 is 11.7 Å². The van der Waals surface area contributed by atoms with Gasteiger partial charge in [-0.1, -0.05) is 6.07 Å². The lowest BCUT2D eigenvalue weighted by Gasteiger charge is -2.09. The number of pyridine rings is 1. The van der Waals surface area contributed by atoms with Crippen LogP contribution in [-0.4, -0.2) is 17.9 Å². The molecule has 1 amide bonds. The van der Waals surface area contributed by atoms with E-state index in [1.54, 1.807) is 13.1 Å². The van der Waals surface area contributed by atoms with Crippen LogP contribution in [-0.2, 0) is 0 Å². The Morgan fingerprint density at radius 2 is 2.16 bits per heavy atom. The third-order valence-electron chi connectivity index (χ3n) is 2.42. The summed E-state index contributed by atoms with van der Waals surface area (Å²) < 4.78 is 14.2. The molecule has 6 heteroatoms. The van der Waals surface area contributed by atoms with E-state index in [0.717, 1.165) is 15.8 Å². The number of rotatable bonds is 3. The number of anilines is 2. The minimum atomic E-state index is -0.549. The summed E-state index contributed by atoms with van der Waals surface area (Å²) in [6, 6.07) is 8.50. The van der Waals surface area contributed by atoms with E-state index in [1.165, 1.54) is 0 Å². The van der Waals surface area contributed by atoms with Crippen LogP contribution in [0.5, 0.6) is 0 Å². The molecule has 1 heterocycles. The Kier molecular flexibility index (Phi) is 4.31. The highest BCUT2D eigenvalue weighted by Crippen LogP contribution is 2.17. The summed E-state index contributed by atoms with van der Waals surface area (Å²) in [6.45, 7) is 0. The maximum Gasteiger partial charge on any atom is 0.259 e. The summed E-state index contributed by atoms with van der Waals surface area (Å²) in [5, 5.41) is 5.47. The summed E-state index contributed by atoms with van der Waals surface area (Å²) >= 11 is 2.15. The fraction of sp³-hybridized carbons (Fsp3) is 0.0769. The Labute approximate surface area is 123 Å². The molecule has 1 aromatic heterocycles. The summed E-state index contributed by atoms with van der Waals surface area (Å²) in [5.41, 5.74) is 0.824. The molecule has 0 unspecified atom stereocenters. The fourth-order valence-electron chi connectivity index (χ4n) is 1.58. The molecule has 2 aromatic rings. The van der Waals surface area contributed by atoms with Crippen LogP contribution in [0.2, 0.25) is 0 Å². The summed E-state index contributed by atoms with van der Waals surface area (Å²) in [5.74, 6) is -0.616. The molecule has 19 heavy (non-hydrogen) atoms. The van der Waals surface area contributed by atoms with Gasteiger partial charge in [-0.05, 0) is 46.9 Å². The van der Waals surface area contributed by atoms with Crippen LogP contribution >= 0.6 is 22.6 Å². The molecular formula is C13H11FIN3O. The molecule has 0 radical (unpaired) electrons. The van der Waals surface area contributed by atoms with Crippen molar-refractivity contribution < 1.29 is 9.18 Å². The predicted octanol–water partition coefficient (Wildman–Crippen LogP) is 3.12. The molecule has 0 saturated carbocycles. The molecule has 0 saturated heterocycles. The van der Waals surface area contributed by atoms with E-state index in [1.807, 2.05) is 18.2 Å². The lowest BCUT2D eigenvalue weighted by atomic mass is 10.2. The van der Waals surface area contributed by atoms with Gasteiger partial charge in [-0.3, -0.25) is 4.79 Å². The smallest absolute Gasteiger partial charge is 0.259 e. The van der Waals surface area contributed by atoms with Crippen molar-refractivity contribution in [2.45, 2.75) is 0 Å². The first-order valence-corrected chi connectivity index (χ1v) is 6.58. The monoisotopic (exact) mass is 371 g/mol. The number of carbonyl (C=O) groups excluding carboxylic acids is 1. The first-order chi connectivity index (χ1) is 9.10. The van der Waals surface area contributed by atoms with Crippen molar-refractivity contribution in [3.8, 4) is 0 Å².